The van der Waals surface area contributed by atoms with Gasteiger partial charge in [0.05, 0.1) is 6.10 Å². The third-order valence-corrected chi connectivity index (χ3v) is 4.31. The Kier molecular flexibility index (Phi) is 4.66. The molecule has 94 valence electrons. The maximum atomic E-state index is 9.62. The van der Waals surface area contributed by atoms with Crippen molar-refractivity contribution >= 4 is 0 Å². The third-order valence-electron chi connectivity index (χ3n) is 4.31. The average molecular weight is 225 g/mol. The molecule has 2 nitrogen and oxygen atoms in total. The summed E-state index contributed by atoms with van der Waals surface area (Å²) in [7, 11) is 0. The van der Waals surface area contributed by atoms with Crippen molar-refractivity contribution in [2.75, 3.05) is 13.1 Å². The molecule has 0 heterocycles. The fourth-order valence-electron chi connectivity index (χ4n) is 3.17. The van der Waals surface area contributed by atoms with Crippen molar-refractivity contribution in [2.45, 2.75) is 70.4 Å². The Morgan fingerprint density at radius 3 is 2.25 bits per heavy atom. The second-order valence-corrected chi connectivity index (χ2v) is 5.89. The molecule has 2 aliphatic carbocycles. The van der Waals surface area contributed by atoms with Gasteiger partial charge in [-0.2, -0.15) is 0 Å². The molecule has 1 atom stereocenters. The fraction of sp³-hybridized carbons (Fsp3) is 1.00. The summed E-state index contributed by atoms with van der Waals surface area (Å²) in [4.78, 5) is 2.59. The molecular weight excluding hydrogens is 198 g/mol. The van der Waals surface area contributed by atoms with Gasteiger partial charge < -0.3 is 5.11 Å². The van der Waals surface area contributed by atoms with E-state index in [-0.39, 0.29) is 6.10 Å². The minimum absolute atomic E-state index is 0.165. The molecule has 2 aliphatic rings. The maximum Gasteiger partial charge on any atom is 0.0639 e. The monoisotopic (exact) mass is 225 g/mol. The van der Waals surface area contributed by atoms with Crippen LogP contribution in [0.3, 0.4) is 0 Å². The van der Waals surface area contributed by atoms with Crippen LogP contribution in [-0.4, -0.2) is 35.2 Å². The Morgan fingerprint density at radius 1 is 1.06 bits per heavy atom. The van der Waals surface area contributed by atoms with Gasteiger partial charge in [-0.25, -0.2) is 0 Å². The highest BCUT2D eigenvalue weighted by Gasteiger charge is 2.27. The van der Waals surface area contributed by atoms with E-state index in [1.807, 2.05) is 6.92 Å². The van der Waals surface area contributed by atoms with E-state index in [9.17, 15) is 5.11 Å². The lowest BCUT2D eigenvalue weighted by molar-refractivity contribution is 0.0577. The molecular formula is C14H27NO. The Labute approximate surface area is 100 Å². The fourth-order valence-corrected chi connectivity index (χ4v) is 3.17. The first-order valence-electron chi connectivity index (χ1n) is 7.18. The van der Waals surface area contributed by atoms with Crippen LogP contribution in [0, 0.1) is 5.92 Å². The topological polar surface area (TPSA) is 23.5 Å². The number of aliphatic hydroxyl groups excluding tert-OH is 1. The number of nitrogens with zero attached hydrogens (tertiary/aromatic N) is 1. The van der Waals surface area contributed by atoms with Crippen molar-refractivity contribution in [1.29, 1.82) is 0 Å². The molecule has 0 bridgehead atoms. The van der Waals surface area contributed by atoms with Crippen LogP contribution in [0.25, 0.3) is 0 Å². The van der Waals surface area contributed by atoms with Crippen molar-refractivity contribution in [3.8, 4) is 0 Å². The van der Waals surface area contributed by atoms with Crippen molar-refractivity contribution in [3.63, 3.8) is 0 Å². The first-order chi connectivity index (χ1) is 7.75. The second kappa shape index (κ2) is 6.02. The van der Waals surface area contributed by atoms with Crippen molar-refractivity contribution in [3.05, 3.63) is 0 Å². The molecule has 2 rings (SSSR count). The molecule has 0 aromatic heterocycles. The molecule has 16 heavy (non-hydrogen) atoms. The van der Waals surface area contributed by atoms with Gasteiger partial charge in [0.2, 0.25) is 0 Å². The summed E-state index contributed by atoms with van der Waals surface area (Å²) in [6, 6.07) is 0.768. The highest BCUT2D eigenvalue weighted by molar-refractivity contribution is 4.81. The lowest BCUT2D eigenvalue weighted by Crippen LogP contribution is -2.44. The molecule has 0 amide bonds. The van der Waals surface area contributed by atoms with Gasteiger partial charge in [0, 0.05) is 19.1 Å². The standard InChI is InChI=1S/C14H27NO/c1-12(16)10-15(11-13-6-5-7-13)14-8-3-2-4-9-14/h12-14,16H,2-11H2,1H3. The van der Waals surface area contributed by atoms with E-state index in [4.69, 9.17) is 0 Å². The van der Waals surface area contributed by atoms with E-state index in [0.717, 1.165) is 18.5 Å². The van der Waals surface area contributed by atoms with Crippen molar-refractivity contribution in [1.82, 2.24) is 4.90 Å². The number of hydrogen-bond donors (Lipinski definition) is 1. The van der Waals surface area contributed by atoms with Gasteiger partial charge in [-0.15, -0.1) is 0 Å². The van der Waals surface area contributed by atoms with E-state index >= 15 is 0 Å². The molecule has 0 radical (unpaired) electrons. The number of hydrogen-bond acceptors (Lipinski definition) is 2. The van der Waals surface area contributed by atoms with Gasteiger partial charge in [0.25, 0.3) is 0 Å². The Morgan fingerprint density at radius 2 is 1.75 bits per heavy atom. The summed E-state index contributed by atoms with van der Waals surface area (Å²) in [6.45, 7) is 4.06. The van der Waals surface area contributed by atoms with E-state index in [1.54, 1.807) is 0 Å². The van der Waals surface area contributed by atoms with Gasteiger partial charge in [0.15, 0.2) is 0 Å². The molecule has 2 saturated carbocycles. The van der Waals surface area contributed by atoms with Gasteiger partial charge in [0.1, 0.15) is 0 Å². The molecule has 0 aliphatic heterocycles. The first-order valence-corrected chi connectivity index (χ1v) is 7.18. The van der Waals surface area contributed by atoms with Crippen LogP contribution < -0.4 is 0 Å². The first kappa shape index (κ1) is 12.4. The van der Waals surface area contributed by atoms with Gasteiger partial charge in [-0.05, 0) is 38.5 Å². The SMILES string of the molecule is CC(O)CN(CC1CCC1)C1CCCCC1. The van der Waals surface area contributed by atoms with Gasteiger partial charge in [-0.3, -0.25) is 4.90 Å². The number of rotatable bonds is 5. The summed E-state index contributed by atoms with van der Waals surface area (Å²) in [5.41, 5.74) is 0. The minimum atomic E-state index is -0.165. The predicted molar refractivity (Wildman–Crippen MR) is 67.5 cm³/mol. The molecule has 1 N–H and O–H groups in total. The van der Waals surface area contributed by atoms with Crippen LogP contribution in [0.15, 0.2) is 0 Å². The quantitative estimate of drug-likeness (QED) is 0.777. The average Bonchev–Trinajstić information content (AvgIpc) is 2.22. The van der Waals surface area contributed by atoms with E-state index < -0.39 is 0 Å². The lowest BCUT2D eigenvalue weighted by atomic mass is 9.84. The van der Waals surface area contributed by atoms with E-state index in [2.05, 4.69) is 4.90 Å². The Balaban J connectivity index is 1.83. The zero-order valence-corrected chi connectivity index (χ0v) is 10.7. The molecule has 2 heteroatoms. The van der Waals surface area contributed by atoms with Gasteiger partial charge >= 0.3 is 0 Å². The highest BCUT2D eigenvalue weighted by Crippen LogP contribution is 2.30. The van der Waals surface area contributed by atoms with Crippen LogP contribution >= 0.6 is 0 Å². The summed E-state index contributed by atoms with van der Waals surface area (Å²) in [6.07, 6.45) is 11.0. The van der Waals surface area contributed by atoms with Crippen molar-refractivity contribution < 1.29 is 5.11 Å². The smallest absolute Gasteiger partial charge is 0.0639 e. The van der Waals surface area contributed by atoms with E-state index in [0.29, 0.717) is 0 Å². The van der Waals surface area contributed by atoms with Crippen LogP contribution in [0.2, 0.25) is 0 Å². The highest BCUT2D eigenvalue weighted by atomic mass is 16.3. The maximum absolute atomic E-state index is 9.62. The van der Waals surface area contributed by atoms with Crippen LogP contribution in [-0.2, 0) is 0 Å². The summed E-state index contributed by atoms with van der Waals surface area (Å²) in [5, 5.41) is 9.62. The van der Waals surface area contributed by atoms with Crippen LogP contribution in [0.4, 0.5) is 0 Å². The third kappa shape index (κ3) is 3.46. The molecule has 0 aromatic rings. The van der Waals surface area contributed by atoms with Crippen LogP contribution in [0.1, 0.15) is 58.3 Å². The summed E-state index contributed by atoms with van der Waals surface area (Å²) in [5.74, 6) is 0.931. The molecule has 1 unspecified atom stereocenters. The predicted octanol–water partition coefficient (Wildman–Crippen LogP) is 2.80. The number of aliphatic hydroxyl groups is 1. The summed E-state index contributed by atoms with van der Waals surface area (Å²) < 4.78 is 0. The Hall–Kier alpha value is -0.0800. The minimum Gasteiger partial charge on any atom is -0.392 e. The van der Waals surface area contributed by atoms with Crippen molar-refractivity contribution in [2.24, 2.45) is 5.92 Å². The second-order valence-electron chi connectivity index (χ2n) is 5.89. The largest absolute Gasteiger partial charge is 0.392 e. The normalized spacial score (nSPS) is 25.7. The zero-order chi connectivity index (χ0) is 11.4. The summed E-state index contributed by atoms with van der Waals surface area (Å²) >= 11 is 0. The lowest BCUT2D eigenvalue weighted by Gasteiger charge is -2.39. The Bertz CT molecular complexity index is 195. The zero-order valence-electron chi connectivity index (χ0n) is 10.7. The molecule has 0 saturated heterocycles. The van der Waals surface area contributed by atoms with Crippen LogP contribution in [0.5, 0.6) is 0 Å². The van der Waals surface area contributed by atoms with Gasteiger partial charge in [-0.1, -0.05) is 25.7 Å². The van der Waals surface area contributed by atoms with E-state index in [1.165, 1.54) is 57.9 Å². The molecule has 2 fully saturated rings. The molecule has 0 aromatic carbocycles. The molecule has 0 spiro atoms.